The van der Waals surface area contributed by atoms with Gasteiger partial charge in [-0.2, -0.15) is 35.3 Å². The molecule has 6 nitrogen and oxygen atoms in total. The maximum Gasteiger partial charge on any atom is 0.0913 e. The van der Waals surface area contributed by atoms with Crippen molar-refractivity contribution in [3.63, 3.8) is 0 Å². The van der Waals surface area contributed by atoms with Gasteiger partial charge in [-0.15, -0.1) is 0 Å². The minimum absolute atomic E-state index is 0.278. The molecule has 0 atom stereocenters. The smallest absolute Gasteiger partial charge is 0.0913 e. The molecule has 0 saturated heterocycles. The van der Waals surface area contributed by atoms with Crippen molar-refractivity contribution in [1.29, 1.82) is 16.2 Å². The molecule has 0 aliphatic carbocycles. The van der Waals surface area contributed by atoms with E-state index in [9.17, 15) is 0 Å². The van der Waals surface area contributed by atoms with Crippen LogP contribution < -0.4 is 17.2 Å². The van der Waals surface area contributed by atoms with Gasteiger partial charge in [-0.05, 0) is 35.5 Å². The highest BCUT2D eigenvalue weighted by atomic mass is 32.2. The normalized spacial score (nSPS) is 11.5. The number of hydrogen-bond acceptors (Lipinski definition) is 6. The summed E-state index contributed by atoms with van der Waals surface area (Å²) in [6.07, 6.45) is 4.21. The zero-order valence-corrected chi connectivity index (χ0v) is 25.3. The molecule has 0 unspecified atom stereocenters. The zero-order valence-electron chi connectivity index (χ0n) is 22.8. The van der Waals surface area contributed by atoms with Crippen LogP contribution in [0, 0.1) is 21.6 Å². The lowest BCUT2D eigenvalue weighted by molar-refractivity contribution is 0.481. The van der Waals surface area contributed by atoms with E-state index in [2.05, 4.69) is 62.3 Å². The SMILES string of the molecule is CC(C)(C)CSCCC(=N)N.CC(C)(C)SCCCC(=N)N.CCSC(C)(C)CCC(=N)N. The second kappa shape index (κ2) is 19.7. The monoisotopic (exact) mass is 522 g/mol. The minimum atomic E-state index is 0.278. The van der Waals surface area contributed by atoms with Crippen molar-refractivity contribution in [2.75, 3.05) is 23.0 Å². The van der Waals surface area contributed by atoms with E-state index in [1.165, 1.54) is 0 Å². The summed E-state index contributed by atoms with van der Waals surface area (Å²) in [5.41, 5.74) is 16.1. The first-order valence-electron chi connectivity index (χ1n) is 11.7. The third-order valence-electron chi connectivity index (χ3n) is 3.71. The van der Waals surface area contributed by atoms with Crippen LogP contribution in [0.15, 0.2) is 0 Å². The third kappa shape index (κ3) is 42.1. The second-order valence-electron chi connectivity index (χ2n) is 10.7. The van der Waals surface area contributed by atoms with Gasteiger partial charge in [0.1, 0.15) is 0 Å². The van der Waals surface area contributed by atoms with Crippen molar-refractivity contribution < 1.29 is 0 Å². The first-order valence-corrected chi connectivity index (χ1v) is 14.8. The Morgan fingerprint density at radius 1 is 0.697 bits per heavy atom. The van der Waals surface area contributed by atoms with Gasteiger partial charge >= 0.3 is 0 Å². The highest BCUT2D eigenvalue weighted by Crippen LogP contribution is 2.28. The number of hydrogen-bond donors (Lipinski definition) is 6. The lowest BCUT2D eigenvalue weighted by Crippen LogP contribution is -2.19. The molecule has 0 rings (SSSR count). The summed E-state index contributed by atoms with van der Waals surface area (Å²) in [5, 5.41) is 21.1. The fourth-order valence-electron chi connectivity index (χ4n) is 2.10. The fourth-order valence-corrected chi connectivity index (χ4v) is 5.15. The Labute approximate surface area is 218 Å². The Hall–Kier alpha value is -0.540. The highest BCUT2D eigenvalue weighted by molar-refractivity contribution is 8.00. The number of thioether (sulfide) groups is 3. The molecule has 33 heavy (non-hydrogen) atoms. The molecule has 0 aliphatic rings. The molecule has 198 valence electrons. The molecular formula is C24H54N6S3. The topological polar surface area (TPSA) is 150 Å². The molecule has 0 fully saturated rings. The third-order valence-corrected chi connectivity index (χ3v) is 7.90. The second-order valence-corrected chi connectivity index (χ2v) is 15.7. The van der Waals surface area contributed by atoms with Crippen LogP contribution in [0.25, 0.3) is 0 Å². The van der Waals surface area contributed by atoms with E-state index in [1.54, 1.807) is 0 Å². The Balaban J connectivity index is -0.000000409. The van der Waals surface area contributed by atoms with Gasteiger partial charge in [0.25, 0.3) is 0 Å². The fraction of sp³-hybridized carbons (Fsp3) is 0.875. The van der Waals surface area contributed by atoms with Crippen LogP contribution in [0.4, 0.5) is 0 Å². The maximum atomic E-state index is 7.08. The van der Waals surface area contributed by atoms with E-state index in [-0.39, 0.29) is 4.75 Å². The highest BCUT2D eigenvalue weighted by Gasteiger charge is 2.16. The standard InChI is InChI=1S/3C8H18N2S/c1-8(2,3)6-11-5-4-7(9)10;1-8(2,3)11-6-4-5-7(9)10;1-4-11-8(2,3)6-5-7(9)10/h3*4-6H2,1-3H3,(H3,9,10). The molecule has 0 bridgehead atoms. The van der Waals surface area contributed by atoms with Gasteiger partial charge in [-0.3, -0.25) is 16.2 Å². The van der Waals surface area contributed by atoms with Crippen molar-refractivity contribution in [3.8, 4) is 0 Å². The van der Waals surface area contributed by atoms with E-state index in [0.717, 1.165) is 55.1 Å². The summed E-state index contributed by atoms with van der Waals surface area (Å²) in [7, 11) is 0. The molecule has 0 aromatic carbocycles. The van der Waals surface area contributed by atoms with Crippen LogP contribution in [-0.4, -0.2) is 50.0 Å². The van der Waals surface area contributed by atoms with E-state index in [4.69, 9.17) is 33.4 Å². The first kappa shape index (κ1) is 37.0. The quantitative estimate of drug-likeness (QED) is 0.0915. The van der Waals surface area contributed by atoms with Crippen molar-refractivity contribution in [1.82, 2.24) is 0 Å². The van der Waals surface area contributed by atoms with Gasteiger partial charge < -0.3 is 17.2 Å². The Kier molecular flexibility index (Phi) is 22.1. The molecule has 0 heterocycles. The Morgan fingerprint density at radius 2 is 1.18 bits per heavy atom. The lowest BCUT2D eigenvalue weighted by atomic mass is 10.0. The van der Waals surface area contributed by atoms with E-state index < -0.39 is 0 Å². The number of rotatable bonds is 13. The first-order chi connectivity index (χ1) is 14.8. The molecule has 0 saturated carbocycles. The van der Waals surface area contributed by atoms with Crippen LogP contribution in [0.3, 0.4) is 0 Å². The van der Waals surface area contributed by atoms with Crippen molar-refractivity contribution in [2.24, 2.45) is 22.6 Å². The minimum Gasteiger partial charge on any atom is -0.388 e. The van der Waals surface area contributed by atoms with Crippen LogP contribution in [0.2, 0.25) is 0 Å². The molecule has 0 radical (unpaired) electrons. The van der Waals surface area contributed by atoms with Crippen molar-refractivity contribution >= 4 is 52.8 Å². The number of nitrogens with two attached hydrogens (primary N) is 3. The summed E-state index contributed by atoms with van der Waals surface area (Å²) in [4.78, 5) is 0. The molecule has 9 heteroatoms. The summed E-state index contributed by atoms with van der Waals surface area (Å²) >= 11 is 5.71. The molecule has 0 aromatic rings. The average molecular weight is 523 g/mol. The van der Waals surface area contributed by atoms with E-state index >= 15 is 0 Å². The van der Waals surface area contributed by atoms with Crippen LogP contribution in [0.1, 0.15) is 94.4 Å². The summed E-state index contributed by atoms with van der Waals surface area (Å²) in [5.74, 6) is 5.25. The number of nitrogens with one attached hydrogen (secondary N) is 3. The van der Waals surface area contributed by atoms with Gasteiger partial charge in [0.2, 0.25) is 0 Å². The van der Waals surface area contributed by atoms with E-state index in [1.807, 2.05) is 35.3 Å². The predicted octanol–water partition coefficient (Wildman–Crippen LogP) is 6.56. The van der Waals surface area contributed by atoms with Crippen molar-refractivity contribution in [2.45, 2.75) is 104 Å². The number of amidine groups is 3. The lowest BCUT2D eigenvalue weighted by Gasteiger charge is -2.22. The average Bonchev–Trinajstić information content (AvgIpc) is 2.60. The summed E-state index contributed by atoms with van der Waals surface area (Å²) < 4.78 is 0.622. The predicted molar refractivity (Wildman–Crippen MR) is 160 cm³/mol. The van der Waals surface area contributed by atoms with Crippen molar-refractivity contribution in [3.05, 3.63) is 0 Å². The Morgan fingerprint density at radius 3 is 1.55 bits per heavy atom. The molecule has 0 aromatic heterocycles. The van der Waals surface area contributed by atoms with Gasteiger partial charge in [0, 0.05) is 34.5 Å². The van der Waals surface area contributed by atoms with Crippen LogP contribution >= 0.6 is 35.3 Å². The van der Waals surface area contributed by atoms with Gasteiger partial charge in [0.05, 0.1) is 17.5 Å². The summed E-state index contributed by atoms with van der Waals surface area (Å²) in [6, 6.07) is 0. The zero-order chi connectivity index (χ0) is 26.7. The molecular weight excluding hydrogens is 469 g/mol. The maximum absolute atomic E-state index is 7.08. The largest absolute Gasteiger partial charge is 0.388 e. The van der Waals surface area contributed by atoms with Crippen LogP contribution in [-0.2, 0) is 0 Å². The molecule has 0 amide bonds. The molecule has 0 aliphatic heterocycles. The van der Waals surface area contributed by atoms with E-state index in [0.29, 0.717) is 27.7 Å². The van der Waals surface area contributed by atoms with Crippen LogP contribution in [0.5, 0.6) is 0 Å². The van der Waals surface area contributed by atoms with Gasteiger partial charge in [0.15, 0.2) is 0 Å². The van der Waals surface area contributed by atoms with Gasteiger partial charge in [-0.1, -0.05) is 62.3 Å². The Bertz CT molecular complexity index is 505. The molecule has 9 N–H and O–H groups in total. The van der Waals surface area contributed by atoms with Gasteiger partial charge in [-0.25, -0.2) is 0 Å². The summed E-state index contributed by atoms with van der Waals surface area (Å²) in [6.45, 7) is 19.8. The molecule has 0 spiro atoms.